The number of hydrogen-bond donors (Lipinski definition) is 3. The number of ether oxygens (including phenoxy) is 1. The minimum Gasteiger partial charge on any atom is -0.497 e. The van der Waals surface area contributed by atoms with Crippen molar-refractivity contribution >= 4 is 40.0 Å². The fraction of sp³-hybridized carbons (Fsp3) is 0.469. The second-order valence-corrected chi connectivity index (χ2v) is 11.6. The zero-order valence-corrected chi connectivity index (χ0v) is 25.5. The van der Waals surface area contributed by atoms with Gasteiger partial charge in [0.25, 0.3) is 5.91 Å². The van der Waals surface area contributed by atoms with Crippen LogP contribution in [0.3, 0.4) is 0 Å². The number of carbonyl (C=O) groups excluding carboxylic acids is 1. The first-order chi connectivity index (χ1) is 21.2. The fourth-order valence-corrected chi connectivity index (χ4v) is 5.79. The van der Waals surface area contributed by atoms with Gasteiger partial charge >= 0.3 is 6.09 Å². The van der Waals surface area contributed by atoms with E-state index in [2.05, 4.69) is 27.1 Å². The van der Waals surface area contributed by atoms with E-state index < -0.39 is 12.0 Å². The number of carbonyl (C=O) groups is 2. The Bertz CT molecular complexity index is 1500. The molecule has 236 valence electrons. The highest BCUT2D eigenvalue weighted by atomic mass is 16.5. The Morgan fingerprint density at radius 3 is 2.14 bits per heavy atom. The Labute approximate surface area is 256 Å². The molecule has 3 aromatic rings. The van der Waals surface area contributed by atoms with Crippen LogP contribution in [0.4, 0.5) is 21.9 Å². The number of likely N-dealkylation sites (N-methyl/N-ethyl adjacent to an activating group) is 1. The van der Waals surface area contributed by atoms with Crippen LogP contribution in [0, 0.1) is 0 Å². The third-order valence-electron chi connectivity index (χ3n) is 8.53. The molecule has 2 saturated heterocycles. The van der Waals surface area contributed by atoms with Gasteiger partial charge in [0.15, 0.2) is 16.8 Å². The number of benzene rings is 2. The van der Waals surface area contributed by atoms with Crippen molar-refractivity contribution in [1.82, 2.24) is 9.80 Å². The Kier molecular flexibility index (Phi) is 9.91. The Hall–Kier alpha value is -4.29. The Morgan fingerprint density at radius 1 is 0.932 bits per heavy atom. The molecule has 3 fully saturated rings. The van der Waals surface area contributed by atoms with E-state index in [4.69, 9.17) is 20.0 Å². The zero-order chi connectivity index (χ0) is 31.2. The quantitative estimate of drug-likeness (QED) is 0.395. The minimum absolute atomic E-state index is 0.0723. The molecule has 3 aliphatic rings. The normalized spacial score (nSPS) is 17.8. The van der Waals surface area contributed by atoms with Gasteiger partial charge in [0.05, 0.1) is 18.2 Å². The molecule has 0 spiro atoms. The Morgan fingerprint density at radius 2 is 1.57 bits per heavy atom. The molecule has 0 bridgehead atoms. The predicted molar refractivity (Wildman–Crippen MR) is 171 cm³/mol. The number of fused-ring (bicyclic) bond motifs is 1. The smallest absolute Gasteiger partial charge is 0.407 e. The van der Waals surface area contributed by atoms with Gasteiger partial charge in [-0.2, -0.15) is 0 Å². The first-order valence-electron chi connectivity index (χ1n) is 15.2. The Balaban J connectivity index is 0.000000573. The summed E-state index contributed by atoms with van der Waals surface area (Å²) in [6, 6.07) is 12.5. The van der Waals surface area contributed by atoms with Crippen molar-refractivity contribution in [3.05, 3.63) is 58.4 Å². The molecule has 0 unspecified atom stereocenters. The number of nitrogens with zero attached hydrogens (tertiary/aromatic N) is 4. The molecule has 3 heterocycles. The molecule has 1 aliphatic carbocycles. The lowest BCUT2D eigenvalue weighted by Crippen LogP contribution is -2.48. The van der Waals surface area contributed by atoms with Gasteiger partial charge in [-0.25, -0.2) is 4.79 Å². The summed E-state index contributed by atoms with van der Waals surface area (Å²) in [6.07, 6.45) is 4.35. The number of piperazine rings is 2. The van der Waals surface area contributed by atoms with Crippen molar-refractivity contribution in [2.75, 3.05) is 81.6 Å². The first-order valence-corrected chi connectivity index (χ1v) is 15.2. The van der Waals surface area contributed by atoms with E-state index in [-0.39, 0.29) is 11.2 Å². The molecule has 12 nitrogen and oxygen atoms in total. The van der Waals surface area contributed by atoms with Crippen LogP contribution >= 0.6 is 0 Å². The van der Waals surface area contributed by atoms with Crippen LogP contribution < -0.4 is 31.0 Å². The van der Waals surface area contributed by atoms with E-state index in [1.807, 2.05) is 18.2 Å². The molecule has 2 amide bonds. The van der Waals surface area contributed by atoms with Crippen LogP contribution in [0.5, 0.6) is 5.75 Å². The molecule has 12 heteroatoms. The molecular weight excluding hydrogens is 564 g/mol. The lowest BCUT2D eigenvalue weighted by Gasteiger charge is -2.34. The van der Waals surface area contributed by atoms with E-state index in [0.29, 0.717) is 54.6 Å². The van der Waals surface area contributed by atoms with Crippen LogP contribution in [0.25, 0.3) is 11.0 Å². The van der Waals surface area contributed by atoms with Gasteiger partial charge in [-0.3, -0.25) is 9.59 Å². The molecule has 4 N–H and O–H groups in total. The summed E-state index contributed by atoms with van der Waals surface area (Å²) in [5.41, 5.74) is 7.81. The highest BCUT2D eigenvalue weighted by molar-refractivity contribution is 6.03. The number of nitrogens with two attached hydrogens (primary N) is 1. The van der Waals surface area contributed by atoms with Crippen LogP contribution in [0.2, 0.25) is 0 Å². The molecule has 44 heavy (non-hydrogen) atoms. The number of rotatable bonds is 5. The highest BCUT2D eigenvalue weighted by Crippen LogP contribution is 2.32. The number of nitrogens with one attached hydrogen (secondary N) is 1. The molecular formula is C32H42N6O6. The number of amides is 2. The molecule has 1 aromatic heterocycles. The molecule has 2 aliphatic heterocycles. The summed E-state index contributed by atoms with van der Waals surface area (Å²) in [5, 5.41) is 12.3. The lowest BCUT2D eigenvalue weighted by atomic mass is 10.1. The fourth-order valence-electron chi connectivity index (χ4n) is 5.79. The summed E-state index contributed by atoms with van der Waals surface area (Å²) in [4.78, 5) is 45.1. The molecule has 0 radical (unpaired) electrons. The molecule has 1 saturated carbocycles. The van der Waals surface area contributed by atoms with Crippen molar-refractivity contribution in [2.45, 2.75) is 31.7 Å². The van der Waals surface area contributed by atoms with Crippen LogP contribution in [0.15, 0.2) is 51.7 Å². The topological polar surface area (TPSA) is 145 Å². The van der Waals surface area contributed by atoms with Gasteiger partial charge in [-0.05, 0) is 50.2 Å². The first kappa shape index (κ1) is 31.1. The second kappa shape index (κ2) is 14.0. The van der Waals surface area contributed by atoms with Gasteiger partial charge in [-0.1, -0.05) is 12.8 Å². The maximum atomic E-state index is 13.1. The zero-order valence-electron chi connectivity index (χ0n) is 25.5. The third kappa shape index (κ3) is 7.43. The van der Waals surface area contributed by atoms with Gasteiger partial charge < -0.3 is 44.9 Å². The summed E-state index contributed by atoms with van der Waals surface area (Å²) >= 11 is 0. The van der Waals surface area contributed by atoms with Crippen molar-refractivity contribution in [1.29, 1.82) is 0 Å². The number of methoxy groups -OCH3 is 1. The number of anilines is 3. The summed E-state index contributed by atoms with van der Waals surface area (Å²) < 4.78 is 11.5. The third-order valence-corrected chi connectivity index (χ3v) is 8.53. The lowest BCUT2D eigenvalue weighted by molar-refractivity contribution is 0.0997. The van der Waals surface area contributed by atoms with Crippen LogP contribution in [-0.4, -0.2) is 99.5 Å². The van der Waals surface area contributed by atoms with Crippen molar-refractivity contribution in [3.8, 4) is 5.75 Å². The van der Waals surface area contributed by atoms with Crippen LogP contribution in [0.1, 0.15) is 36.2 Å². The summed E-state index contributed by atoms with van der Waals surface area (Å²) in [6.45, 7) is 5.34. The monoisotopic (exact) mass is 606 g/mol. The maximum Gasteiger partial charge on any atom is 0.407 e. The van der Waals surface area contributed by atoms with Gasteiger partial charge in [0, 0.05) is 81.9 Å². The van der Waals surface area contributed by atoms with Gasteiger partial charge in [0.1, 0.15) is 5.75 Å². The van der Waals surface area contributed by atoms with E-state index in [0.717, 1.165) is 37.6 Å². The highest BCUT2D eigenvalue weighted by Gasteiger charge is 2.23. The SMILES string of the molecule is COc1cc(N2CCN(C)CC2)c2oc(C(=O)Nc3ccc(N4CCN(C(=O)O)CC4)cc3)cc(=O)c2c1.NC1CCCC1. The number of hydrogen-bond acceptors (Lipinski definition) is 9. The average molecular weight is 607 g/mol. The van der Waals surface area contributed by atoms with E-state index in [1.165, 1.54) is 36.6 Å². The van der Waals surface area contributed by atoms with Crippen molar-refractivity contribution in [2.24, 2.45) is 5.73 Å². The van der Waals surface area contributed by atoms with E-state index in [1.54, 1.807) is 25.3 Å². The minimum atomic E-state index is -0.905. The standard InChI is InChI=1S/C27H31N5O6.C5H11N/c1-29-7-9-31(10-8-29)22-16-20(37-2)15-21-23(33)17-24(38-25(21)22)26(34)28-18-3-5-19(6-4-18)30-11-13-32(14-12-30)27(35)36;6-5-3-1-2-4-5/h3-6,15-17H,7-14H2,1-2H3,(H,28,34)(H,35,36);5H,1-4,6H2. The summed E-state index contributed by atoms with van der Waals surface area (Å²) in [7, 11) is 3.62. The predicted octanol–water partition coefficient (Wildman–Crippen LogP) is 3.49. The summed E-state index contributed by atoms with van der Waals surface area (Å²) in [5.74, 6) is -0.0377. The second-order valence-electron chi connectivity index (χ2n) is 11.6. The largest absolute Gasteiger partial charge is 0.497 e. The molecule has 2 aromatic carbocycles. The maximum absolute atomic E-state index is 13.1. The van der Waals surface area contributed by atoms with E-state index in [9.17, 15) is 14.4 Å². The van der Waals surface area contributed by atoms with Crippen molar-refractivity contribution < 1.29 is 23.8 Å². The average Bonchev–Trinajstić information content (AvgIpc) is 3.52. The molecule has 6 rings (SSSR count). The van der Waals surface area contributed by atoms with Crippen molar-refractivity contribution in [3.63, 3.8) is 0 Å². The van der Waals surface area contributed by atoms with Gasteiger partial charge in [0.2, 0.25) is 0 Å². The molecule has 0 atom stereocenters. The number of carboxylic acid groups (broad SMARTS) is 1. The van der Waals surface area contributed by atoms with Gasteiger partial charge in [-0.15, -0.1) is 0 Å². The van der Waals surface area contributed by atoms with Crippen LogP contribution in [-0.2, 0) is 0 Å². The van der Waals surface area contributed by atoms with E-state index >= 15 is 0 Å².